The van der Waals surface area contributed by atoms with Gasteiger partial charge in [-0.25, -0.2) is 9.59 Å². The van der Waals surface area contributed by atoms with Gasteiger partial charge in [-0.1, -0.05) is 6.08 Å². The smallest absolute Gasteiger partial charge is 0.328 e. The minimum atomic E-state index is -1.01. The number of carbonyl (C=O) groups excluding carboxylic acids is 1. The fraction of sp³-hybridized carbons (Fsp3) is 0.667. The van der Waals surface area contributed by atoms with Crippen molar-refractivity contribution in [1.29, 1.82) is 0 Å². The molecular weight excluding hydrogens is 234 g/mol. The molecule has 1 aliphatic heterocycles. The molecule has 1 fully saturated rings. The van der Waals surface area contributed by atoms with E-state index in [2.05, 4.69) is 31.1 Å². The number of hydrogen-bond donors (Lipinski definition) is 2. The highest BCUT2D eigenvalue weighted by Gasteiger charge is 2.28. The fourth-order valence-electron chi connectivity index (χ4n) is 1.99. The van der Waals surface area contributed by atoms with Crippen LogP contribution in [0.1, 0.15) is 13.8 Å². The number of likely N-dealkylation sites (N-methyl/N-ethyl adjacent to an activating group) is 1. The van der Waals surface area contributed by atoms with Crippen molar-refractivity contribution in [2.75, 3.05) is 26.7 Å². The maximum Gasteiger partial charge on any atom is 0.328 e. The lowest BCUT2D eigenvalue weighted by molar-refractivity contribution is -0.131. The standard InChI is InChI=1S/C12H21N3O3/c1-9-7-15(8-10(2)14(9)3)12(18)13-6-4-5-11(16)17/h4-5,9-10H,6-8H2,1-3H3,(H,13,18)(H,16,17)/b5-4+. The van der Waals surface area contributed by atoms with E-state index in [0.717, 1.165) is 6.08 Å². The average molecular weight is 255 g/mol. The lowest BCUT2D eigenvalue weighted by Crippen LogP contribution is -2.58. The number of piperazine rings is 1. The van der Waals surface area contributed by atoms with Crippen molar-refractivity contribution in [1.82, 2.24) is 15.1 Å². The largest absolute Gasteiger partial charge is 0.478 e. The van der Waals surface area contributed by atoms with Crippen LogP contribution < -0.4 is 5.32 Å². The molecule has 18 heavy (non-hydrogen) atoms. The summed E-state index contributed by atoms with van der Waals surface area (Å²) in [6.45, 7) is 5.78. The Morgan fingerprint density at radius 1 is 1.33 bits per heavy atom. The van der Waals surface area contributed by atoms with Crippen LogP contribution in [-0.4, -0.2) is 65.7 Å². The zero-order chi connectivity index (χ0) is 13.7. The van der Waals surface area contributed by atoms with Crippen LogP contribution >= 0.6 is 0 Å². The van der Waals surface area contributed by atoms with Crippen molar-refractivity contribution in [3.05, 3.63) is 12.2 Å². The molecule has 2 atom stereocenters. The van der Waals surface area contributed by atoms with E-state index < -0.39 is 5.97 Å². The fourth-order valence-corrected chi connectivity index (χ4v) is 1.99. The lowest BCUT2D eigenvalue weighted by Gasteiger charge is -2.42. The number of carbonyl (C=O) groups is 2. The molecular formula is C12H21N3O3. The second-order valence-electron chi connectivity index (χ2n) is 4.70. The van der Waals surface area contributed by atoms with Crippen LogP contribution in [0.5, 0.6) is 0 Å². The van der Waals surface area contributed by atoms with Gasteiger partial charge < -0.3 is 15.3 Å². The molecule has 0 saturated carbocycles. The SMILES string of the molecule is CC1CN(C(=O)NC/C=C/C(=O)O)CC(C)N1C. The Morgan fingerprint density at radius 3 is 2.39 bits per heavy atom. The van der Waals surface area contributed by atoms with E-state index >= 15 is 0 Å². The zero-order valence-electron chi connectivity index (χ0n) is 11.1. The highest BCUT2D eigenvalue weighted by molar-refractivity contribution is 5.80. The third kappa shape index (κ3) is 4.03. The first-order valence-corrected chi connectivity index (χ1v) is 6.06. The van der Waals surface area contributed by atoms with E-state index in [9.17, 15) is 9.59 Å². The summed E-state index contributed by atoms with van der Waals surface area (Å²) < 4.78 is 0. The van der Waals surface area contributed by atoms with E-state index in [1.165, 1.54) is 6.08 Å². The normalized spacial score (nSPS) is 25.4. The van der Waals surface area contributed by atoms with E-state index in [-0.39, 0.29) is 12.6 Å². The van der Waals surface area contributed by atoms with Gasteiger partial charge in [0, 0.05) is 37.8 Å². The third-order valence-corrected chi connectivity index (χ3v) is 3.28. The molecule has 0 aliphatic carbocycles. The number of urea groups is 1. The summed E-state index contributed by atoms with van der Waals surface area (Å²) in [6, 6.07) is 0.514. The van der Waals surface area contributed by atoms with Crippen LogP contribution in [-0.2, 0) is 4.79 Å². The zero-order valence-corrected chi connectivity index (χ0v) is 11.1. The Bertz CT molecular complexity index is 331. The highest BCUT2D eigenvalue weighted by atomic mass is 16.4. The highest BCUT2D eigenvalue weighted by Crippen LogP contribution is 2.12. The quantitative estimate of drug-likeness (QED) is 0.714. The number of amides is 2. The lowest BCUT2D eigenvalue weighted by atomic mass is 10.1. The average Bonchev–Trinajstić information content (AvgIpc) is 2.30. The molecule has 1 saturated heterocycles. The second-order valence-corrected chi connectivity index (χ2v) is 4.70. The first kappa shape index (κ1) is 14.5. The van der Waals surface area contributed by atoms with E-state index in [4.69, 9.17) is 5.11 Å². The third-order valence-electron chi connectivity index (χ3n) is 3.28. The van der Waals surface area contributed by atoms with Crippen molar-refractivity contribution in [3.8, 4) is 0 Å². The van der Waals surface area contributed by atoms with Gasteiger partial charge in [-0.3, -0.25) is 4.90 Å². The molecule has 1 heterocycles. The van der Waals surface area contributed by atoms with Crippen LogP contribution in [0.25, 0.3) is 0 Å². The summed E-state index contributed by atoms with van der Waals surface area (Å²) in [6.07, 6.45) is 2.44. The minimum Gasteiger partial charge on any atom is -0.478 e. The number of hydrogen-bond acceptors (Lipinski definition) is 3. The molecule has 0 aromatic rings. The number of rotatable bonds is 3. The Morgan fingerprint density at radius 2 is 1.89 bits per heavy atom. The van der Waals surface area contributed by atoms with E-state index in [0.29, 0.717) is 25.2 Å². The molecule has 0 aromatic heterocycles. The summed E-state index contributed by atoms with van der Waals surface area (Å²) >= 11 is 0. The van der Waals surface area contributed by atoms with Gasteiger partial charge in [0.05, 0.1) is 0 Å². The van der Waals surface area contributed by atoms with Gasteiger partial charge in [-0.15, -0.1) is 0 Å². The van der Waals surface area contributed by atoms with Crippen molar-refractivity contribution >= 4 is 12.0 Å². The molecule has 2 amide bonds. The number of nitrogens with zero attached hydrogens (tertiary/aromatic N) is 2. The van der Waals surface area contributed by atoms with Crippen molar-refractivity contribution < 1.29 is 14.7 Å². The maximum atomic E-state index is 11.9. The Balaban J connectivity index is 2.40. The Labute approximate surface area is 107 Å². The summed E-state index contributed by atoms with van der Waals surface area (Å²) in [7, 11) is 2.06. The van der Waals surface area contributed by atoms with Gasteiger partial charge >= 0.3 is 12.0 Å². The van der Waals surface area contributed by atoms with Crippen LogP contribution in [0.2, 0.25) is 0 Å². The topological polar surface area (TPSA) is 72.9 Å². The molecule has 2 unspecified atom stereocenters. The summed E-state index contributed by atoms with van der Waals surface area (Å²) in [5.74, 6) is -1.01. The predicted octanol–water partition coefficient (Wildman–Crippen LogP) is 0.361. The van der Waals surface area contributed by atoms with Crippen LogP contribution in [0.3, 0.4) is 0 Å². The molecule has 0 aromatic carbocycles. The molecule has 0 bridgehead atoms. The molecule has 6 heteroatoms. The van der Waals surface area contributed by atoms with Crippen LogP contribution in [0, 0.1) is 0 Å². The Hall–Kier alpha value is -1.56. The van der Waals surface area contributed by atoms with Crippen molar-refractivity contribution in [3.63, 3.8) is 0 Å². The van der Waals surface area contributed by atoms with E-state index in [1.54, 1.807) is 4.90 Å². The molecule has 0 spiro atoms. The van der Waals surface area contributed by atoms with Gasteiger partial charge in [0.15, 0.2) is 0 Å². The molecule has 102 valence electrons. The predicted molar refractivity (Wildman–Crippen MR) is 68.4 cm³/mol. The maximum absolute atomic E-state index is 11.9. The summed E-state index contributed by atoms with van der Waals surface area (Å²) in [4.78, 5) is 26.1. The van der Waals surface area contributed by atoms with E-state index in [1.807, 2.05) is 0 Å². The molecule has 2 N–H and O–H groups in total. The van der Waals surface area contributed by atoms with Crippen LogP contribution in [0.4, 0.5) is 4.79 Å². The molecule has 0 radical (unpaired) electrons. The number of aliphatic carboxylic acids is 1. The van der Waals surface area contributed by atoms with Gasteiger partial charge in [0.25, 0.3) is 0 Å². The minimum absolute atomic E-state index is 0.142. The monoisotopic (exact) mass is 255 g/mol. The van der Waals surface area contributed by atoms with Crippen LogP contribution in [0.15, 0.2) is 12.2 Å². The van der Waals surface area contributed by atoms with Gasteiger partial charge in [-0.05, 0) is 20.9 Å². The van der Waals surface area contributed by atoms with Crippen molar-refractivity contribution in [2.24, 2.45) is 0 Å². The van der Waals surface area contributed by atoms with Gasteiger partial charge in [-0.2, -0.15) is 0 Å². The summed E-state index contributed by atoms with van der Waals surface area (Å²) in [5.41, 5.74) is 0. The number of nitrogens with one attached hydrogen (secondary N) is 1. The van der Waals surface area contributed by atoms with Crippen molar-refractivity contribution in [2.45, 2.75) is 25.9 Å². The molecule has 1 aliphatic rings. The number of carboxylic acid groups (broad SMARTS) is 1. The first-order chi connectivity index (χ1) is 8.41. The van der Waals surface area contributed by atoms with Gasteiger partial charge in [0.2, 0.25) is 0 Å². The number of carboxylic acids is 1. The van der Waals surface area contributed by atoms with Gasteiger partial charge in [0.1, 0.15) is 0 Å². The summed E-state index contributed by atoms with van der Waals surface area (Å²) in [5, 5.41) is 11.1. The molecule has 6 nitrogen and oxygen atoms in total. The Kier molecular flexibility index (Phi) is 5.15. The molecule has 1 rings (SSSR count). The first-order valence-electron chi connectivity index (χ1n) is 6.06. The second kappa shape index (κ2) is 6.39.